The van der Waals surface area contributed by atoms with E-state index in [4.69, 9.17) is 4.74 Å². The van der Waals surface area contributed by atoms with Gasteiger partial charge in [-0.1, -0.05) is 0 Å². The number of ether oxygens (including phenoxy) is 1. The predicted octanol–water partition coefficient (Wildman–Crippen LogP) is 1.80. The number of rotatable bonds is 6. The lowest BCUT2D eigenvalue weighted by Crippen LogP contribution is -2.40. The van der Waals surface area contributed by atoms with Gasteiger partial charge in [0.25, 0.3) is 0 Å². The second-order valence-corrected chi connectivity index (χ2v) is 8.69. The SMILES string of the molecule is CN(C1CCOCC1)S(=O)(=O)c1ccsc1CNC1CC1. The molecule has 1 aromatic rings. The van der Waals surface area contributed by atoms with E-state index in [1.807, 2.05) is 5.38 Å². The van der Waals surface area contributed by atoms with Crippen molar-refractivity contribution in [2.45, 2.75) is 49.2 Å². The number of hydrogen-bond donors (Lipinski definition) is 1. The monoisotopic (exact) mass is 330 g/mol. The van der Waals surface area contributed by atoms with E-state index < -0.39 is 10.0 Å². The van der Waals surface area contributed by atoms with Gasteiger partial charge in [-0.2, -0.15) is 4.31 Å². The molecule has 0 radical (unpaired) electrons. The quantitative estimate of drug-likeness (QED) is 0.864. The van der Waals surface area contributed by atoms with Crippen LogP contribution in [0.25, 0.3) is 0 Å². The minimum atomic E-state index is -3.41. The average Bonchev–Trinajstić information content (AvgIpc) is 3.20. The van der Waals surface area contributed by atoms with E-state index in [0.29, 0.717) is 30.7 Å². The summed E-state index contributed by atoms with van der Waals surface area (Å²) >= 11 is 1.52. The average molecular weight is 330 g/mol. The van der Waals surface area contributed by atoms with Crippen LogP contribution < -0.4 is 5.32 Å². The van der Waals surface area contributed by atoms with E-state index in [1.165, 1.54) is 28.5 Å². The molecule has 1 saturated heterocycles. The van der Waals surface area contributed by atoms with E-state index in [9.17, 15) is 8.42 Å². The Labute approximate surface area is 130 Å². The van der Waals surface area contributed by atoms with Gasteiger partial charge in [0.05, 0.1) is 4.90 Å². The van der Waals surface area contributed by atoms with Crippen molar-refractivity contribution in [3.05, 3.63) is 16.3 Å². The van der Waals surface area contributed by atoms with Gasteiger partial charge in [-0.05, 0) is 37.1 Å². The highest BCUT2D eigenvalue weighted by molar-refractivity contribution is 7.89. The lowest BCUT2D eigenvalue weighted by Gasteiger charge is -2.30. The van der Waals surface area contributed by atoms with E-state index in [-0.39, 0.29) is 6.04 Å². The Bertz CT molecular complexity index is 575. The summed E-state index contributed by atoms with van der Waals surface area (Å²) in [4.78, 5) is 1.38. The summed E-state index contributed by atoms with van der Waals surface area (Å²) in [6, 6.07) is 2.36. The Morgan fingerprint density at radius 1 is 1.33 bits per heavy atom. The molecule has 0 spiro atoms. The van der Waals surface area contributed by atoms with Crippen molar-refractivity contribution in [2.75, 3.05) is 20.3 Å². The minimum absolute atomic E-state index is 0.0490. The van der Waals surface area contributed by atoms with Gasteiger partial charge < -0.3 is 10.1 Å². The van der Waals surface area contributed by atoms with Gasteiger partial charge in [0.1, 0.15) is 0 Å². The van der Waals surface area contributed by atoms with Gasteiger partial charge in [-0.15, -0.1) is 11.3 Å². The molecule has 2 fully saturated rings. The van der Waals surface area contributed by atoms with Crippen LogP contribution in [-0.2, 0) is 21.3 Å². The maximum atomic E-state index is 12.8. The normalized spacial score (nSPS) is 21.0. The lowest BCUT2D eigenvalue weighted by atomic mass is 10.1. The molecule has 2 heterocycles. The highest BCUT2D eigenvalue weighted by Gasteiger charge is 2.31. The first-order chi connectivity index (χ1) is 10.1. The second-order valence-electron chi connectivity index (χ2n) is 5.73. The molecule has 118 valence electrons. The van der Waals surface area contributed by atoms with Crippen LogP contribution in [-0.4, -0.2) is 45.1 Å². The Morgan fingerprint density at radius 2 is 2.05 bits per heavy atom. The van der Waals surface area contributed by atoms with Crippen molar-refractivity contribution in [3.63, 3.8) is 0 Å². The lowest BCUT2D eigenvalue weighted by molar-refractivity contribution is 0.0632. The fourth-order valence-corrected chi connectivity index (χ4v) is 5.39. The van der Waals surface area contributed by atoms with Crippen LogP contribution in [0.3, 0.4) is 0 Å². The molecule has 5 nitrogen and oxygen atoms in total. The minimum Gasteiger partial charge on any atom is -0.381 e. The molecule has 1 N–H and O–H groups in total. The van der Waals surface area contributed by atoms with Crippen molar-refractivity contribution in [1.29, 1.82) is 0 Å². The van der Waals surface area contributed by atoms with Crippen molar-refractivity contribution in [1.82, 2.24) is 9.62 Å². The zero-order valence-corrected chi connectivity index (χ0v) is 13.9. The second kappa shape index (κ2) is 6.34. The van der Waals surface area contributed by atoms with E-state index >= 15 is 0 Å². The van der Waals surface area contributed by atoms with Gasteiger partial charge in [0, 0.05) is 43.8 Å². The molecule has 0 unspecified atom stereocenters. The van der Waals surface area contributed by atoms with E-state index in [1.54, 1.807) is 13.1 Å². The largest absolute Gasteiger partial charge is 0.381 e. The predicted molar refractivity (Wildman–Crippen MR) is 83.0 cm³/mol. The summed E-state index contributed by atoms with van der Waals surface area (Å²) in [5.41, 5.74) is 0. The summed E-state index contributed by atoms with van der Waals surface area (Å²) in [5, 5.41) is 5.27. The van der Waals surface area contributed by atoms with Crippen LogP contribution in [0.15, 0.2) is 16.3 Å². The van der Waals surface area contributed by atoms with Gasteiger partial charge in [0.15, 0.2) is 0 Å². The van der Waals surface area contributed by atoms with Crippen LogP contribution in [0.5, 0.6) is 0 Å². The molecule has 21 heavy (non-hydrogen) atoms. The van der Waals surface area contributed by atoms with Crippen molar-refractivity contribution < 1.29 is 13.2 Å². The standard InChI is InChI=1S/C14H22N2O3S2/c1-16(12-4-7-19-8-5-12)21(17,18)14-6-9-20-13(14)10-15-11-2-3-11/h6,9,11-12,15H,2-5,7-8,10H2,1H3. The Balaban J connectivity index is 1.75. The number of sulfonamides is 1. The van der Waals surface area contributed by atoms with Crippen molar-refractivity contribution in [2.24, 2.45) is 0 Å². The summed E-state index contributed by atoms with van der Waals surface area (Å²) in [5.74, 6) is 0. The Morgan fingerprint density at radius 3 is 2.71 bits per heavy atom. The zero-order chi connectivity index (χ0) is 14.9. The molecular weight excluding hydrogens is 308 g/mol. The van der Waals surface area contributed by atoms with E-state index in [2.05, 4.69) is 5.32 Å². The van der Waals surface area contributed by atoms with Crippen LogP contribution in [0.1, 0.15) is 30.6 Å². The first kappa shape index (κ1) is 15.4. The molecule has 1 aliphatic carbocycles. The van der Waals surface area contributed by atoms with E-state index in [0.717, 1.165) is 17.7 Å². The molecule has 1 aliphatic heterocycles. The molecule has 3 rings (SSSR count). The Hall–Kier alpha value is -0.470. The van der Waals surface area contributed by atoms with Crippen LogP contribution in [0.2, 0.25) is 0 Å². The molecule has 7 heteroatoms. The summed E-state index contributed by atoms with van der Waals surface area (Å²) in [6.45, 7) is 1.94. The molecular formula is C14H22N2O3S2. The summed E-state index contributed by atoms with van der Waals surface area (Å²) < 4.78 is 32.5. The first-order valence-corrected chi connectivity index (χ1v) is 9.76. The fraction of sp³-hybridized carbons (Fsp3) is 0.714. The van der Waals surface area contributed by atoms with Gasteiger partial charge in [-0.3, -0.25) is 0 Å². The van der Waals surface area contributed by atoms with Gasteiger partial charge >= 0.3 is 0 Å². The third kappa shape index (κ3) is 3.48. The number of nitrogens with one attached hydrogen (secondary N) is 1. The first-order valence-electron chi connectivity index (χ1n) is 7.44. The molecule has 2 aliphatic rings. The third-order valence-corrected chi connectivity index (χ3v) is 7.24. The van der Waals surface area contributed by atoms with Gasteiger partial charge in [-0.25, -0.2) is 8.42 Å². The smallest absolute Gasteiger partial charge is 0.244 e. The third-order valence-electron chi connectivity index (χ3n) is 4.20. The molecule has 0 bridgehead atoms. The van der Waals surface area contributed by atoms with Crippen molar-refractivity contribution >= 4 is 21.4 Å². The van der Waals surface area contributed by atoms with Crippen LogP contribution in [0.4, 0.5) is 0 Å². The van der Waals surface area contributed by atoms with Crippen LogP contribution in [0, 0.1) is 0 Å². The number of hydrogen-bond acceptors (Lipinski definition) is 5. The summed E-state index contributed by atoms with van der Waals surface area (Å²) in [6.07, 6.45) is 3.95. The highest BCUT2D eigenvalue weighted by atomic mass is 32.2. The molecule has 1 aromatic heterocycles. The topological polar surface area (TPSA) is 58.6 Å². The molecule has 0 amide bonds. The van der Waals surface area contributed by atoms with Crippen molar-refractivity contribution in [3.8, 4) is 0 Å². The van der Waals surface area contributed by atoms with Crippen LogP contribution >= 0.6 is 11.3 Å². The molecule has 1 saturated carbocycles. The molecule has 0 aromatic carbocycles. The summed E-state index contributed by atoms with van der Waals surface area (Å²) in [7, 11) is -1.71. The fourth-order valence-electron chi connectivity index (χ4n) is 2.61. The molecule has 0 atom stereocenters. The number of thiophene rings is 1. The Kier molecular flexibility index (Phi) is 4.66. The zero-order valence-electron chi connectivity index (χ0n) is 12.2. The number of nitrogens with zero attached hydrogens (tertiary/aromatic N) is 1. The van der Waals surface area contributed by atoms with Gasteiger partial charge in [0.2, 0.25) is 10.0 Å². The maximum absolute atomic E-state index is 12.8. The highest BCUT2D eigenvalue weighted by Crippen LogP contribution is 2.29. The maximum Gasteiger partial charge on any atom is 0.244 e.